The molecule has 0 bridgehead atoms. The van der Waals surface area contributed by atoms with Crippen LogP contribution in [0.5, 0.6) is 5.75 Å². The molecule has 7 heteroatoms. The van der Waals surface area contributed by atoms with E-state index in [1.54, 1.807) is 6.07 Å². The summed E-state index contributed by atoms with van der Waals surface area (Å²) >= 11 is 5.93. The number of rotatable bonds is 2. The van der Waals surface area contributed by atoms with E-state index in [-0.39, 0.29) is 29.1 Å². The van der Waals surface area contributed by atoms with Crippen LogP contribution >= 0.6 is 11.6 Å². The van der Waals surface area contributed by atoms with Crippen LogP contribution in [0.1, 0.15) is 16.7 Å². The molecule has 0 fully saturated rings. The van der Waals surface area contributed by atoms with E-state index in [0.717, 1.165) is 18.2 Å². The average molecular weight is 346 g/mol. The molecule has 2 nitrogen and oxygen atoms in total. The Kier molecular flexibility index (Phi) is 3.67. The maximum atomic E-state index is 15.6. The molecule has 23 heavy (non-hydrogen) atoms. The second kappa shape index (κ2) is 5.30. The highest BCUT2D eigenvalue weighted by molar-refractivity contribution is 6.30. The molecule has 1 unspecified atom stereocenters. The summed E-state index contributed by atoms with van der Waals surface area (Å²) in [5.41, 5.74) is -2.42. The van der Waals surface area contributed by atoms with Crippen molar-refractivity contribution in [3.05, 3.63) is 58.1 Å². The predicted octanol–water partition coefficient (Wildman–Crippen LogP) is 5.01. The van der Waals surface area contributed by atoms with Gasteiger partial charge in [0, 0.05) is 21.8 Å². The molecule has 0 saturated carbocycles. The molecular formula is C16H12ClF4NO. The first-order chi connectivity index (χ1) is 10.8. The second-order valence-corrected chi connectivity index (χ2v) is 5.69. The summed E-state index contributed by atoms with van der Waals surface area (Å²) in [5, 5.41) is 3.02. The summed E-state index contributed by atoms with van der Waals surface area (Å²) in [6, 6.07) is 7.45. The van der Waals surface area contributed by atoms with Crippen molar-refractivity contribution in [2.24, 2.45) is 0 Å². The Labute approximate surface area is 135 Å². The smallest absolute Gasteiger partial charge is 0.416 e. The van der Waals surface area contributed by atoms with Crippen LogP contribution in [0.25, 0.3) is 0 Å². The van der Waals surface area contributed by atoms with E-state index >= 15 is 4.39 Å². The third-order valence-corrected chi connectivity index (χ3v) is 4.12. The van der Waals surface area contributed by atoms with Gasteiger partial charge in [-0.3, -0.25) is 0 Å². The number of anilines is 1. The molecule has 1 aliphatic heterocycles. The zero-order chi connectivity index (χ0) is 16.8. The summed E-state index contributed by atoms with van der Waals surface area (Å²) in [7, 11) is 1.39. The Morgan fingerprint density at radius 3 is 2.52 bits per heavy atom. The lowest BCUT2D eigenvalue weighted by molar-refractivity contribution is -0.137. The number of alkyl halides is 4. The van der Waals surface area contributed by atoms with E-state index in [1.165, 1.54) is 19.2 Å². The monoisotopic (exact) mass is 345 g/mol. The molecule has 3 rings (SSSR count). The lowest BCUT2D eigenvalue weighted by atomic mass is 9.88. The Hall–Kier alpha value is -1.95. The SMILES string of the molecule is COc1ccc(Cl)cc1C1(F)CNc2cc(C(F)(F)F)ccc21. The van der Waals surface area contributed by atoms with E-state index in [0.29, 0.717) is 5.02 Å². The van der Waals surface area contributed by atoms with E-state index < -0.39 is 17.4 Å². The number of benzene rings is 2. The Morgan fingerprint density at radius 1 is 1.13 bits per heavy atom. The summed E-state index contributed by atoms with van der Waals surface area (Å²) in [6.07, 6.45) is -4.48. The summed E-state index contributed by atoms with van der Waals surface area (Å²) in [6.45, 7) is -0.194. The molecule has 0 saturated heterocycles. The fraction of sp³-hybridized carbons (Fsp3) is 0.250. The minimum atomic E-state index is -4.48. The van der Waals surface area contributed by atoms with Gasteiger partial charge in [0.2, 0.25) is 0 Å². The Balaban J connectivity index is 2.13. The van der Waals surface area contributed by atoms with Crippen LogP contribution < -0.4 is 10.1 Å². The van der Waals surface area contributed by atoms with E-state index in [9.17, 15) is 13.2 Å². The van der Waals surface area contributed by atoms with Gasteiger partial charge in [-0.25, -0.2) is 4.39 Å². The van der Waals surface area contributed by atoms with Gasteiger partial charge in [0.25, 0.3) is 0 Å². The number of hydrogen-bond donors (Lipinski definition) is 1. The van der Waals surface area contributed by atoms with Gasteiger partial charge in [0.1, 0.15) is 5.75 Å². The molecule has 0 amide bonds. The van der Waals surface area contributed by atoms with Gasteiger partial charge in [-0.05, 0) is 30.3 Å². The van der Waals surface area contributed by atoms with Gasteiger partial charge in [0.05, 0.1) is 19.2 Å². The fourth-order valence-corrected chi connectivity index (χ4v) is 2.93. The molecule has 2 aromatic rings. The van der Waals surface area contributed by atoms with Crippen molar-refractivity contribution in [1.29, 1.82) is 0 Å². The number of nitrogens with one attached hydrogen (secondary N) is 1. The molecule has 1 heterocycles. The summed E-state index contributed by atoms with van der Waals surface area (Å²) in [4.78, 5) is 0. The first kappa shape index (κ1) is 15.9. The van der Waals surface area contributed by atoms with Crippen molar-refractivity contribution in [1.82, 2.24) is 0 Å². The standard InChI is InChI=1S/C16H12ClF4NO/c1-23-14-5-3-10(17)7-12(14)15(18)8-22-13-6-9(16(19,20)21)2-4-11(13)15/h2-7,22H,8H2,1H3. The maximum absolute atomic E-state index is 15.6. The van der Waals surface area contributed by atoms with Crippen LogP contribution in [0, 0.1) is 0 Å². The van der Waals surface area contributed by atoms with Crippen molar-refractivity contribution >= 4 is 17.3 Å². The lowest BCUT2D eigenvalue weighted by Gasteiger charge is -2.23. The molecule has 0 aliphatic carbocycles. The minimum absolute atomic E-state index is 0.115. The third-order valence-electron chi connectivity index (χ3n) is 3.88. The number of halogens is 5. The Bertz CT molecular complexity index is 762. The van der Waals surface area contributed by atoms with E-state index in [4.69, 9.17) is 16.3 Å². The molecule has 122 valence electrons. The normalized spacial score (nSPS) is 20.1. The van der Waals surface area contributed by atoms with Crippen molar-refractivity contribution in [3.63, 3.8) is 0 Å². The first-order valence-corrected chi connectivity index (χ1v) is 7.12. The molecule has 1 N–H and O–H groups in total. The van der Waals surface area contributed by atoms with Crippen molar-refractivity contribution in [2.45, 2.75) is 11.8 Å². The van der Waals surface area contributed by atoms with Crippen LogP contribution in [0.3, 0.4) is 0 Å². The fourth-order valence-electron chi connectivity index (χ4n) is 2.75. The molecule has 0 spiro atoms. The van der Waals surface area contributed by atoms with Crippen molar-refractivity contribution < 1.29 is 22.3 Å². The van der Waals surface area contributed by atoms with Gasteiger partial charge in [-0.2, -0.15) is 13.2 Å². The predicted molar refractivity (Wildman–Crippen MR) is 79.8 cm³/mol. The minimum Gasteiger partial charge on any atom is -0.496 e. The third kappa shape index (κ3) is 2.61. The van der Waals surface area contributed by atoms with E-state index in [1.807, 2.05) is 0 Å². The molecular weight excluding hydrogens is 334 g/mol. The van der Waals surface area contributed by atoms with Gasteiger partial charge in [-0.1, -0.05) is 17.7 Å². The zero-order valence-electron chi connectivity index (χ0n) is 12.0. The number of ether oxygens (including phenoxy) is 1. The molecule has 2 aromatic carbocycles. The topological polar surface area (TPSA) is 21.3 Å². The van der Waals surface area contributed by atoms with Crippen LogP contribution in [-0.2, 0) is 11.8 Å². The number of hydrogen-bond acceptors (Lipinski definition) is 2. The second-order valence-electron chi connectivity index (χ2n) is 5.26. The quantitative estimate of drug-likeness (QED) is 0.773. The molecule has 1 aliphatic rings. The first-order valence-electron chi connectivity index (χ1n) is 6.74. The van der Waals surface area contributed by atoms with Crippen LogP contribution in [0.2, 0.25) is 5.02 Å². The highest BCUT2D eigenvalue weighted by atomic mass is 35.5. The maximum Gasteiger partial charge on any atom is 0.416 e. The number of fused-ring (bicyclic) bond motifs is 1. The van der Waals surface area contributed by atoms with Crippen molar-refractivity contribution in [2.75, 3.05) is 19.0 Å². The molecule has 0 aromatic heterocycles. The van der Waals surface area contributed by atoms with Crippen LogP contribution in [-0.4, -0.2) is 13.7 Å². The average Bonchev–Trinajstić information content (AvgIpc) is 2.84. The number of methoxy groups -OCH3 is 1. The largest absolute Gasteiger partial charge is 0.496 e. The zero-order valence-corrected chi connectivity index (χ0v) is 12.7. The van der Waals surface area contributed by atoms with Crippen LogP contribution in [0.15, 0.2) is 36.4 Å². The van der Waals surface area contributed by atoms with Gasteiger partial charge in [0.15, 0.2) is 5.67 Å². The van der Waals surface area contributed by atoms with Crippen LogP contribution in [0.4, 0.5) is 23.2 Å². The van der Waals surface area contributed by atoms with Gasteiger partial charge >= 0.3 is 6.18 Å². The highest BCUT2D eigenvalue weighted by Gasteiger charge is 2.44. The van der Waals surface area contributed by atoms with Gasteiger partial charge < -0.3 is 10.1 Å². The molecule has 0 radical (unpaired) electrons. The lowest BCUT2D eigenvalue weighted by Crippen LogP contribution is -2.25. The van der Waals surface area contributed by atoms with Gasteiger partial charge in [-0.15, -0.1) is 0 Å². The summed E-state index contributed by atoms with van der Waals surface area (Å²) in [5.74, 6) is 0.284. The van der Waals surface area contributed by atoms with Crippen molar-refractivity contribution in [3.8, 4) is 5.75 Å². The Morgan fingerprint density at radius 2 is 1.87 bits per heavy atom. The highest BCUT2D eigenvalue weighted by Crippen LogP contribution is 2.48. The van der Waals surface area contributed by atoms with E-state index in [2.05, 4.69) is 5.32 Å². The molecule has 1 atom stereocenters. The summed E-state index contributed by atoms with van der Waals surface area (Å²) < 4.78 is 59.1.